The fourth-order valence-electron chi connectivity index (χ4n) is 0.826. The molecule has 2 nitrogen and oxygen atoms in total. The Morgan fingerprint density at radius 2 is 2.40 bits per heavy atom. The Bertz CT molecular complexity index is 174. The highest BCUT2D eigenvalue weighted by atomic mass is 32.2. The van der Waals surface area contributed by atoms with Gasteiger partial charge in [-0.2, -0.15) is 0 Å². The molecule has 0 amide bonds. The zero-order valence-electron chi connectivity index (χ0n) is 6.53. The van der Waals surface area contributed by atoms with Crippen LogP contribution < -0.4 is 0 Å². The van der Waals surface area contributed by atoms with Gasteiger partial charge in [0.2, 0.25) is 0 Å². The molecule has 10 heavy (non-hydrogen) atoms. The van der Waals surface area contributed by atoms with Crippen LogP contribution in [-0.2, 0) is 0 Å². The summed E-state index contributed by atoms with van der Waals surface area (Å²) < 4.78 is 0. The van der Waals surface area contributed by atoms with Gasteiger partial charge in [0.1, 0.15) is 0 Å². The lowest BCUT2D eigenvalue weighted by Gasteiger charge is -2.24. The largest absolute Gasteiger partial charge is 0.351 e. The van der Waals surface area contributed by atoms with Crippen molar-refractivity contribution in [3.8, 4) is 0 Å². The predicted octanol–water partition coefficient (Wildman–Crippen LogP) is 1.55. The molecule has 1 aliphatic rings. The standard InChI is InChI=1S/C7H12N2S/c1-6-4-5-9(2)7(8-6)10-3/h4-5,7H,1-3H3. The van der Waals surface area contributed by atoms with Crippen LogP contribution in [0.5, 0.6) is 0 Å². The maximum atomic E-state index is 4.40. The van der Waals surface area contributed by atoms with Crippen molar-refractivity contribution in [2.75, 3.05) is 13.3 Å². The van der Waals surface area contributed by atoms with Gasteiger partial charge < -0.3 is 4.90 Å². The highest BCUT2D eigenvalue weighted by Crippen LogP contribution is 2.15. The van der Waals surface area contributed by atoms with Crippen molar-refractivity contribution in [2.45, 2.75) is 12.4 Å². The highest BCUT2D eigenvalue weighted by Gasteiger charge is 2.10. The van der Waals surface area contributed by atoms with Crippen LogP contribution in [0.2, 0.25) is 0 Å². The summed E-state index contributed by atoms with van der Waals surface area (Å²) in [6.07, 6.45) is 6.15. The summed E-state index contributed by atoms with van der Waals surface area (Å²) in [5, 5.41) is 0. The second kappa shape index (κ2) is 3.10. The molecule has 1 rings (SSSR count). The summed E-state index contributed by atoms with van der Waals surface area (Å²) in [7, 11) is 2.04. The van der Waals surface area contributed by atoms with Gasteiger partial charge in [0, 0.05) is 19.0 Å². The fraction of sp³-hybridized carbons (Fsp3) is 0.571. The molecule has 0 radical (unpaired) electrons. The third-order valence-corrected chi connectivity index (χ3v) is 2.28. The summed E-state index contributed by atoms with van der Waals surface area (Å²) in [5.74, 6) is 0. The molecular weight excluding hydrogens is 144 g/mol. The number of hydrogen-bond donors (Lipinski definition) is 0. The number of rotatable bonds is 1. The van der Waals surface area contributed by atoms with Gasteiger partial charge in [0.15, 0.2) is 5.50 Å². The number of nitrogens with zero attached hydrogens (tertiary/aromatic N) is 2. The van der Waals surface area contributed by atoms with Gasteiger partial charge in [-0.3, -0.25) is 4.99 Å². The Hall–Kier alpha value is -0.440. The van der Waals surface area contributed by atoms with E-state index < -0.39 is 0 Å². The second-order valence-electron chi connectivity index (χ2n) is 2.31. The first kappa shape index (κ1) is 7.66. The molecular formula is C7H12N2S. The first-order valence-corrected chi connectivity index (χ1v) is 4.50. The van der Waals surface area contributed by atoms with Crippen LogP contribution in [0.1, 0.15) is 6.92 Å². The molecule has 0 aliphatic carbocycles. The zero-order valence-corrected chi connectivity index (χ0v) is 7.35. The molecule has 3 heteroatoms. The van der Waals surface area contributed by atoms with Crippen LogP contribution in [0.25, 0.3) is 0 Å². The molecule has 0 N–H and O–H groups in total. The normalized spacial score (nSPS) is 24.9. The van der Waals surface area contributed by atoms with Gasteiger partial charge in [-0.15, -0.1) is 11.8 Å². The zero-order chi connectivity index (χ0) is 7.56. The maximum absolute atomic E-state index is 4.40. The molecule has 1 unspecified atom stereocenters. The molecule has 1 atom stereocenters. The van der Waals surface area contributed by atoms with Crippen molar-refractivity contribution in [1.82, 2.24) is 4.90 Å². The predicted molar refractivity (Wildman–Crippen MR) is 47.3 cm³/mol. The van der Waals surface area contributed by atoms with E-state index >= 15 is 0 Å². The average molecular weight is 156 g/mol. The number of thioether (sulfide) groups is 1. The second-order valence-corrected chi connectivity index (χ2v) is 3.21. The van der Waals surface area contributed by atoms with Crippen molar-refractivity contribution >= 4 is 17.5 Å². The number of hydrogen-bond acceptors (Lipinski definition) is 3. The quantitative estimate of drug-likeness (QED) is 0.572. The molecule has 0 bridgehead atoms. The fourth-order valence-corrected chi connectivity index (χ4v) is 1.50. The van der Waals surface area contributed by atoms with Crippen molar-refractivity contribution in [1.29, 1.82) is 0 Å². The Kier molecular flexibility index (Phi) is 2.38. The monoisotopic (exact) mass is 156 g/mol. The third kappa shape index (κ3) is 1.53. The Morgan fingerprint density at radius 3 is 2.90 bits per heavy atom. The summed E-state index contributed by atoms with van der Waals surface area (Å²) in [5.41, 5.74) is 1.39. The summed E-state index contributed by atoms with van der Waals surface area (Å²) in [6.45, 7) is 2.02. The van der Waals surface area contributed by atoms with Gasteiger partial charge in [0.05, 0.1) is 0 Å². The number of allylic oxidation sites excluding steroid dienone is 1. The molecule has 0 aromatic heterocycles. The minimum absolute atomic E-state index is 0.282. The molecule has 0 aromatic carbocycles. The van der Waals surface area contributed by atoms with Crippen LogP contribution in [0.4, 0.5) is 0 Å². The lowest BCUT2D eigenvalue weighted by atomic mass is 10.4. The summed E-state index contributed by atoms with van der Waals surface area (Å²) in [4.78, 5) is 6.50. The van der Waals surface area contributed by atoms with Crippen LogP contribution in [0.15, 0.2) is 17.3 Å². The highest BCUT2D eigenvalue weighted by molar-refractivity contribution is 7.99. The first-order valence-electron chi connectivity index (χ1n) is 3.21. The lowest BCUT2D eigenvalue weighted by molar-refractivity contribution is 0.434. The average Bonchev–Trinajstić information content (AvgIpc) is 1.94. The van der Waals surface area contributed by atoms with Crippen LogP contribution in [0.3, 0.4) is 0 Å². The molecule has 1 aliphatic heterocycles. The van der Waals surface area contributed by atoms with E-state index in [4.69, 9.17) is 0 Å². The molecule has 1 heterocycles. The van der Waals surface area contributed by atoms with E-state index in [1.165, 1.54) is 0 Å². The Morgan fingerprint density at radius 1 is 1.70 bits per heavy atom. The first-order chi connectivity index (χ1) is 4.74. The summed E-state index contributed by atoms with van der Waals surface area (Å²) in [6, 6.07) is 0. The molecule has 0 aromatic rings. The van der Waals surface area contributed by atoms with E-state index in [0.29, 0.717) is 0 Å². The van der Waals surface area contributed by atoms with Gasteiger partial charge in [-0.25, -0.2) is 0 Å². The van der Waals surface area contributed by atoms with Crippen LogP contribution in [-0.4, -0.2) is 29.4 Å². The van der Waals surface area contributed by atoms with E-state index in [9.17, 15) is 0 Å². The molecule has 0 saturated heterocycles. The third-order valence-electron chi connectivity index (χ3n) is 1.42. The van der Waals surface area contributed by atoms with Gasteiger partial charge in [0.25, 0.3) is 0 Å². The minimum Gasteiger partial charge on any atom is -0.351 e. The SMILES string of the molecule is CSC1N=C(C)C=CN1C. The molecule has 0 saturated carbocycles. The summed E-state index contributed by atoms with van der Waals surface area (Å²) >= 11 is 1.74. The van der Waals surface area contributed by atoms with E-state index in [0.717, 1.165) is 5.71 Å². The van der Waals surface area contributed by atoms with Crippen molar-refractivity contribution in [2.24, 2.45) is 4.99 Å². The van der Waals surface area contributed by atoms with E-state index in [-0.39, 0.29) is 5.50 Å². The van der Waals surface area contributed by atoms with Crippen LogP contribution >= 0.6 is 11.8 Å². The Balaban J connectivity index is 2.67. The van der Waals surface area contributed by atoms with Gasteiger partial charge >= 0.3 is 0 Å². The van der Waals surface area contributed by atoms with E-state index in [1.807, 2.05) is 20.0 Å². The molecule has 0 spiro atoms. The number of aliphatic imine (C=N–C) groups is 1. The van der Waals surface area contributed by atoms with Gasteiger partial charge in [-0.1, -0.05) is 0 Å². The molecule has 0 fully saturated rings. The smallest absolute Gasteiger partial charge is 0.168 e. The Labute approximate surface area is 66.0 Å². The van der Waals surface area contributed by atoms with E-state index in [2.05, 4.69) is 22.3 Å². The molecule has 56 valence electrons. The maximum Gasteiger partial charge on any atom is 0.168 e. The topological polar surface area (TPSA) is 15.6 Å². The van der Waals surface area contributed by atoms with Crippen molar-refractivity contribution < 1.29 is 0 Å². The van der Waals surface area contributed by atoms with Crippen molar-refractivity contribution in [3.63, 3.8) is 0 Å². The van der Waals surface area contributed by atoms with E-state index in [1.54, 1.807) is 11.8 Å². The minimum atomic E-state index is 0.282. The lowest BCUT2D eigenvalue weighted by Crippen LogP contribution is -2.25. The van der Waals surface area contributed by atoms with Crippen molar-refractivity contribution in [3.05, 3.63) is 12.3 Å². The van der Waals surface area contributed by atoms with Gasteiger partial charge in [-0.05, 0) is 19.3 Å². The van der Waals surface area contributed by atoms with Crippen LogP contribution in [0, 0.1) is 0 Å².